The van der Waals surface area contributed by atoms with Crippen LogP contribution in [0.3, 0.4) is 0 Å². The van der Waals surface area contributed by atoms with Crippen LogP contribution >= 0.6 is 11.3 Å². The molecule has 0 aromatic carbocycles. The van der Waals surface area contributed by atoms with E-state index in [1.165, 1.54) is 37.5 Å². The van der Waals surface area contributed by atoms with E-state index in [-0.39, 0.29) is 0 Å². The van der Waals surface area contributed by atoms with Crippen molar-refractivity contribution in [2.24, 2.45) is 0 Å². The third kappa shape index (κ3) is 1.61. The second kappa shape index (κ2) is 3.44. The molecule has 0 N–H and O–H groups in total. The van der Waals surface area contributed by atoms with Crippen LogP contribution < -0.4 is 4.90 Å². The predicted octanol–water partition coefficient (Wildman–Crippen LogP) is 2.44. The standard InChI is InChI=1S/C9H14N2S/c1-8-7-12-9(10-8)11-5-3-2-4-6-11/h7H,2-6H2,1H3. The third-order valence-corrected chi connectivity index (χ3v) is 3.25. The predicted molar refractivity (Wildman–Crippen MR) is 52.9 cm³/mol. The van der Waals surface area contributed by atoms with Gasteiger partial charge < -0.3 is 4.90 Å². The van der Waals surface area contributed by atoms with Gasteiger partial charge in [0.25, 0.3) is 0 Å². The molecule has 0 unspecified atom stereocenters. The molecule has 12 heavy (non-hydrogen) atoms. The topological polar surface area (TPSA) is 16.1 Å². The molecule has 1 aliphatic rings. The number of rotatable bonds is 1. The van der Waals surface area contributed by atoms with E-state index in [2.05, 4.69) is 22.2 Å². The van der Waals surface area contributed by atoms with Crippen LogP contribution in [0, 0.1) is 6.92 Å². The average Bonchev–Trinajstić information content (AvgIpc) is 2.54. The average molecular weight is 182 g/mol. The largest absolute Gasteiger partial charge is 0.348 e. The zero-order chi connectivity index (χ0) is 8.39. The summed E-state index contributed by atoms with van der Waals surface area (Å²) in [5, 5.41) is 3.34. The number of thiazole rings is 1. The van der Waals surface area contributed by atoms with Gasteiger partial charge in [-0.15, -0.1) is 11.3 Å². The van der Waals surface area contributed by atoms with Crippen LogP contribution in [-0.2, 0) is 0 Å². The van der Waals surface area contributed by atoms with Gasteiger partial charge in [-0.25, -0.2) is 4.98 Å². The maximum atomic E-state index is 4.48. The van der Waals surface area contributed by atoms with Gasteiger partial charge >= 0.3 is 0 Å². The quantitative estimate of drug-likeness (QED) is 0.663. The number of piperidine rings is 1. The molecule has 0 radical (unpaired) electrons. The van der Waals surface area contributed by atoms with Crippen LogP contribution in [-0.4, -0.2) is 18.1 Å². The molecule has 0 spiro atoms. The summed E-state index contributed by atoms with van der Waals surface area (Å²) in [6.07, 6.45) is 4.05. The first-order valence-corrected chi connectivity index (χ1v) is 5.41. The number of hydrogen-bond acceptors (Lipinski definition) is 3. The first kappa shape index (κ1) is 8.05. The van der Waals surface area contributed by atoms with Gasteiger partial charge in [-0.05, 0) is 26.2 Å². The zero-order valence-electron chi connectivity index (χ0n) is 7.42. The Morgan fingerprint density at radius 2 is 2.08 bits per heavy atom. The lowest BCUT2D eigenvalue weighted by Gasteiger charge is -2.25. The van der Waals surface area contributed by atoms with Gasteiger partial charge in [-0.3, -0.25) is 0 Å². The van der Waals surface area contributed by atoms with E-state index in [4.69, 9.17) is 0 Å². The minimum atomic E-state index is 1.15. The molecule has 1 saturated heterocycles. The van der Waals surface area contributed by atoms with Crippen LogP contribution in [0.2, 0.25) is 0 Å². The van der Waals surface area contributed by atoms with Crippen LogP contribution in [0.5, 0.6) is 0 Å². The lowest BCUT2D eigenvalue weighted by atomic mass is 10.1. The first-order chi connectivity index (χ1) is 5.86. The monoisotopic (exact) mass is 182 g/mol. The van der Waals surface area contributed by atoms with Crippen molar-refractivity contribution in [3.63, 3.8) is 0 Å². The van der Waals surface area contributed by atoms with Gasteiger partial charge in [-0.1, -0.05) is 0 Å². The van der Waals surface area contributed by atoms with Crippen molar-refractivity contribution in [2.45, 2.75) is 26.2 Å². The van der Waals surface area contributed by atoms with Crippen molar-refractivity contribution in [3.8, 4) is 0 Å². The van der Waals surface area contributed by atoms with E-state index in [1.54, 1.807) is 11.3 Å². The summed E-state index contributed by atoms with van der Waals surface area (Å²) in [4.78, 5) is 6.88. The van der Waals surface area contributed by atoms with Gasteiger partial charge in [0.1, 0.15) is 0 Å². The molecule has 2 heterocycles. The molecule has 0 aliphatic carbocycles. The van der Waals surface area contributed by atoms with E-state index < -0.39 is 0 Å². The molecule has 1 aromatic heterocycles. The fourth-order valence-electron chi connectivity index (χ4n) is 1.57. The molecule has 2 nitrogen and oxygen atoms in total. The van der Waals surface area contributed by atoms with Crippen molar-refractivity contribution in [1.82, 2.24) is 4.98 Å². The van der Waals surface area contributed by atoms with Crippen molar-refractivity contribution in [3.05, 3.63) is 11.1 Å². The lowest BCUT2D eigenvalue weighted by molar-refractivity contribution is 0.576. The summed E-state index contributed by atoms with van der Waals surface area (Å²) in [6, 6.07) is 0. The highest BCUT2D eigenvalue weighted by Gasteiger charge is 2.12. The Bertz CT molecular complexity index is 251. The van der Waals surface area contributed by atoms with E-state index in [0.717, 1.165) is 5.69 Å². The van der Waals surface area contributed by atoms with Crippen molar-refractivity contribution < 1.29 is 0 Å². The second-order valence-corrected chi connectivity index (χ2v) is 4.16. The summed E-state index contributed by atoms with van der Waals surface area (Å²) in [5.74, 6) is 0. The fraction of sp³-hybridized carbons (Fsp3) is 0.667. The van der Waals surface area contributed by atoms with Crippen molar-refractivity contribution in [1.29, 1.82) is 0 Å². The van der Waals surface area contributed by atoms with Gasteiger partial charge in [0, 0.05) is 18.5 Å². The third-order valence-electron chi connectivity index (χ3n) is 2.23. The highest BCUT2D eigenvalue weighted by Crippen LogP contribution is 2.23. The molecule has 66 valence electrons. The number of aromatic nitrogens is 1. The molecule has 0 atom stereocenters. The minimum absolute atomic E-state index is 1.15. The summed E-state index contributed by atoms with van der Waals surface area (Å²) < 4.78 is 0. The molecule has 1 aliphatic heterocycles. The van der Waals surface area contributed by atoms with E-state index >= 15 is 0 Å². The van der Waals surface area contributed by atoms with E-state index in [0.29, 0.717) is 0 Å². The van der Waals surface area contributed by atoms with Crippen LogP contribution in [0.15, 0.2) is 5.38 Å². The van der Waals surface area contributed by atoms with Crippen LogP contribution in [0.4, 0.5) is 5.13 Å². The summed E-state index contributed by atoms with van der Waals surface area (Å²) in [6.45, 7) is 4.46. The first-order valence-electron chi connectivity index (χ1n) is 4.53. The maximum Gasteiger partial charge on any atom is 0.185 e. The van der Waals surface area contributed by atoms with E-state index in [1.807, 2.05) is 0 Å². The van der Waals surface area contributed by atoms with Crippen LogP contribution in [0.1, 0.15) is 25.0 Å². The molecule has 0 saturated carbocycles. The van der Waals surface area contributed by atoms with Crippen molar-refractivity contribution >= 4 is 16.5 Å². The maximum absolute atomic E-state index is 4.48. The fourth-order valence-corrected chi connectivity index (χ4v) is 2.43. The van der Waals surface area contributed by atoms with Gasteiger partial charge in [0.15, 0.2) is 5.13 Å². The van der Waals surface area contributed by atoms with Crippen LogP contribution in [0.25, 0.3) is 0 Å². The Morgan fingerprint density at radius 3 is 2.67 bits per heavy atom. The molecule has 3 heteroatoms. The van der Waals surface area contributed by atoms with Gasteiger partial charge in [0.05, 0.1) is 5.69 Å². The molecular weight excluding hydrogens is 168 g/mol. The normalized spacial score (nSPS) is 18.2. The summed E-state index contributed by atoms with van der Waals surface area (Å²) >= 11 is 1.77. The minimum Gasteiger partial charge on any atom is -0.348 e. The Hall–Kier alpha value is -0.570. The second-order valence-electron chi connectivity index (χ2n) is 3.32. The Morgan fingerprint density at radius 1 is 1.33 bits per heavy atom. The SMILES string of the molecule is Cc1csc(N2CCCCC2)n1. The lowest BCUT2D eigenvalue weighted by Crippen LogP contribution is -2.29. The number of hydrogen-bond donors (Lipinski definition) is 0. The number of nitrogens with zero attached hydrogens (tertiary/aromatic N) is 2. The Labute approximate surface area is 77.2 Å². The molecule has 0 amide bonds. The molecule has 0 bridgehead atoms. The van der Waals surface area contributed by atoms with E-state index in [9.17, 15) is 0 Å². The molecule has 2 rings (SSSR count). The van der Waals surface area contributed by atoms with Gasteiger partial charge in [-0.2, -0.15) is 0 Å². The van der Waals surface area contributed by atoms with Gasteiger partial charge in [0.2, 0.25) is 0 Å². The summed E-state index contributed by atoms with van der Waals surface area (Å²) in [5.41, 5.74) is 1.15. The smallest absolute Gasteiger partial charge is 0.185 e. The number of anilines is 1. The summed E-state index contributed by atoms with van der Waals surface area (Å²) in [7, 11) is 0. The molecular formula is C9H14N2S. The Balaban J connectivity index is 2.08. The highest BCUT2D eigenvalue weighted by molar-refractivity contribution is 7.13. The highest BCUT2D eigenvalue weighted by atomic mass is 32.1. The zero-order valence-corrected chi connectivity index (χ0v) is 8.23. The van der Waals surface area contributed by atoms with Crippen molar-refractivity contribution in [2.75, 3.05) is 18.0 Å². The molecule has 1 aromatic rings. The number of aryl methyl sites for hydroxylation is 1. The Kier molecular flexibility index (Phi) is 2.30. The molecule has 1 fully saturated rings.